The van der Waals surface area contributed by atoms with Gasteiger partial charge in [0.25, 0.3) is 5.52 Å². The van der Waals surface area contributed by atoms with Gasteiger partial charge in [0.1, 0.15) is 6.04 Å². The standard InChI is InChI=1S/C21H23N3O/c1-15-8-13-24(14-9-15)20(17-6-11-22-12-7-17)18-5-4-16-3-2-10-23-19(16)21(18)25/h2-7,10-12,15,20,25H,8-9,13-14H2,1H3/p+3. The summed E-state index contributed by atoms with van der Waals surface area (Å²) in [5, 5.41) is 12.0. The first kappa shape index (κ1) is 16.0. The van der Waals surface area contributed by atoms with Crippen molar-refractivity contribution in [3.63, 3.8) is 0 Å². The molecule has 0 amide bonds. The monoisotopic (exact) mass is 336 g/mol. The first-order valence-electron chi connectivity index (χ1n) is 9.17. The van der Waals surface area contributed by atoms with Crippen LogP contribution < -0.4 is 14.9 Å². The largest absolute Gasteiger partial charge is 0.502 e. The smallest absolute Gasteiger partial charge is 0.253 e. The van der Waals surface area contributed by atoms with Crippen molar-refractivity contribution in [1.82, 2.24) is 0 Å². The van der Waals surface area contributed by atoms with E-state index in [0.717, 1.165) is 35.5 Å². The van der Waals surface area contributed by atoms with Crippen molar-refractivity contribution in [2.24, 2.45) is 5.92 Å². The van der Waals surface area contributed by atoms with Gasteiger partial charge in [0.15, 0.2) is 24.3 Å². The van der Waals surface area contributed by atoms with E-state index in [9.17, 15) is 5.11 Å². The van der Waals surface area contributed by atoms with Crippen LogP contribution in [0, 0.1) is 5.92 Å². The van der Waals surface area contributed by atoms with Crippen molar-refractivity contribution in [2.75, 3.05) is 13.1 Å². The Morgan fingerprint density at radius 1 is 1.04 bits per heavy atom. The number of phenols is 1. The Morgan fingerprint density at radius 2 is 1.80 bits per heavy atom. The van der Waals surface area contributed by atoms with Crippen LogP contribution in [0.25, 0.3) is 10.9 Å². The predicted octanol–water partition coefficient (Wildman–Crippen LogP) is 1.58. The minimum Gasteiger partial charge on any atom is -0.502 e. The summed E-state index contributed by atoms with van der Waals surface area (Å²) in [5.74, 6) is 1.18. The van der Waals surface area contributed by atoms with E-state index in [1.807, 2.05) is 30.7 Å². The van der Waals surface area contributed by atoms with Gasteiger partial charge >= 0.3 is 0 Å². The third-order valence-corrected chi connectivity index (χ3v) is 5.55. The van der Waals surface area contributed by atoms with Gasteiger partial charge in [-0.15, -0.1) is 0 Å². The number of piperidine rings is 1. The second-order valence-corrected chi connectivity index (χ2v) is 7.24. The fourth-order valence-electron chi connectivity index (χ4n) is 4.08. The minimum atomic E-state index is 0.153. The maximum absolute atomic E-state index is 11.0. The van der Waals surface area contributed by atoms with Crippen LogP contribution in [0.4, 0.5) is 0 Å². The molecule has 2 aromatic heterocycles. The van der Waals surface area contributed by atoms with Crippen LogP contribution in [0.2, 0.25) is 0 Å². The van der Waals surface area contributed by atoms with Crippen LogP contribution in [0.5, 0.6) is 5.75 Å². The highest BCUT2D eigenvalue weighted by molar-refractivity contribution is 5.82. The molecule has 1 saturated heterocycles. The van der Waals surface area contributed by atoms with Gasteiger partial charge in [-0.25, -0.2) is 9.97 Å². The van der Waals surface area contributed by atoms with E-state index in [1.54, 1.807) is 0 Å². The van der Waals surface area contributed by atoms with Gasteiger partial charge in [-0.05, 0) is 37.0 Å². The summed E-state index contributed by atoms with van der Waals surface area (Å²) in [6, 6.07) is 12.6. The zero-order chi connectivity index (χ0) is 17.2. The summed E-state index contributed by atoms with van der Waals surface area (Å²) < 4.78 is 0. The van der Waals surface area contributed by atoms with Crippen LogP contribution in [0.3, 0.4) is 0 Å². The molecular weight excluding hydrogens is 310 g/mol. The molecule has 3 heterocycles. The summed E-state index contributed by atoms with van der Waals surface area (Å²) in [5.41, 5.74) is 3.07. The molecule has 0 spiro atoms. The van der Waals surface area contributed by atoms with Crippen LogP contribution in [0.1, 0.15) is 36.9 Å². The molecule has 4 N–H and O–H groups in total. The number of hydrogen-bond donors (Lipinski definition) is 2. The summed E-state index contributed by atoms with van der Waals surface area (Å²) in [4.78, 5) is 7.86. The Labute approximate surface area is 148 Å². The van der Waals surface area contributed by atoms with Crippen molar-refractivity contribution < 1.29 is 20.0 Å². The average molecular weight is 336 g/mol. The molecule has 3 aromatic rings. The number of nitrogens with one attached hydrogen (secondary N) is 3. The van der Waals surface area contributed by atoms with Gasteiger partial charge in [0, 0.05) is 23.8 Å². The first-order valence-corrected chi connectivity index (χ1v) is 9.17. The lowest BCUT2D eigenvalue weighted by molar-refractivity contribution is -0.931. The SMILES string of the molecule is CC1CC[NH+](C(c2cc[nH+]cc2)c2ccc3ccc[nH+]c3c2O)CC1. The fraction of sp³-hybridized carbons (Fsp3) is 0.333. The van der Waals surface area contributed by atoms with E-state index < -0.39 is 0 Å². The molecule has 1 fully saturated rings. The molecule has 0 bridgehead atoms. The number of likely N-dealkylation sites (tertiary alicyclic amines) is 1. The van der Waals surface area contributed by atoms with Crippen molar-refractivity contribution in [3.8, 4) is 5.75 Å². The van der Waals surface area contributed by atoms with Crippen LogP contribution in [-0.2, 0) is 0 Å². The maximum atomic E-state index is 11.0. The second kappa shape index (κ2) is 6.81. The van der Waals surface area contributed by atoms with Crippen LogP contribution in [-0.4, -0.2) is 18.2 Å². The van der Waals surface area contributed by atoms with Crippen molar-refractivity contribution >= 4 is 10.9 Å². The first-order chi connectivity index (χ1) is 12.2. The lowest BCUT2D eigenvalue weighted by Crippen LogP contribution is -3.13. The predicted molar refractivity (Wildman–Crippen MR) is 96.1 cm³/mol. The molecular formula is C21H26N3O+3. The van der Waals surface area contributed by atoms with Gasteiger partial charge in [0.05, 0.1) is 24.0 Å². The van der Waals surface area contributed by atoms with E-state index in [-0.39, 0.29) is 6.04 Å². The molecule has 1 aliphatic rings. The number of aromatic amines is 2. The van der Waals surface area contributed by atoms with E-state index in [1.165, 1.54) is 23.3 Å². The number of pyridine rings is 2. The quantitative estimate of drug-likeness (QED) is 0.750. The molecule has 1 unspecified atom stereocenters. The lowest BCUT2D eigenvalue weighted by atomic mass is 9.91. The normalized spacial score (nSPS) is 22.0. The molecule has 1 atom stereocenters. The van der Waals surface area contributed by atoms with Crippen LogP contribution in [0.15, 0.2) is 55.0 Å². The summed E-state index contributed by atoms with van der Waals surface area (Å²) in [6.45, 7) is 4.62. The lowest BCUT2D eigenvalue weighted by Gasteiger charge is -2.34. The van der Waals surface area contributed by atoms with Crippen LogP contribution >= 0.6 is 0 Å². The third kappa shape index (κ3) is 3.10. The number of rotatable bonds is 3. The number of phenolic OH excluding ortho intramolecular Hbond substituents is 1. The number of benzene rings is 1. The third-order valence-electron chi connectivity index (χ3n) is 5.55. The molecule has 0 aliphatic carbocycles. The number of fused-ring (bicyclic) bond motifs is 1. The summed E-state index contributed by atoms with van der Waals surface area (Å²) in [7, 11) is 0. The van der Waals surface area contributed by atoms with Crippen molar-refractivity contribution in [2.45, 2.75) is 25.8 Å². The average Bonchev–Trinajstić information content (AvgIpc) is 2.66. The summed E-state index contributed by atoms with van der Waals surface area (Å²) in [6.07, 6.45) is 8.29. The molecule has 1 aromatic carbocycles. The molecule has 0 saturated carbocycles. The van der Waals surface area contributed by atoms with Gasteiger partial charge < -0.3 is 10.0 Å². The molecule has 4 nitrogen and oxygen atoms in total. The van der Waals surface area contributed by atoms with E-state index in [4.69, 9.17) is 0 Å². The van der Waals surface area contributed by atoms with Gasteiger partial charge in [-0.3, -0.25) is 0 Å². The van der Waals surface area contributed by atoms with Crippen molar-refractivity contribution in [1.29, 1.82) is 0 Å². The molecule has 25 heavy (non-hydrogen) atoms. The van der Waals surface area contributed by atoms with E-state index in [0.29, 0.717) is 5.75 Å². The number of aromatic nitrogens is 2. The zero-order valence-corrected chi connectivity index (χ0v) is 14.6. The molecule has 1 aliphatic heterocycles. The van der Waals surface area contributed by atoms with Gasteiger partial charge in [-0.2, -0.15) is 0 Å². The topological polar surface area (TPSA) is 53.0 Å². The van der Waals surface area contributed by atoms with Crippen molar-refractivity contribution in [3.05, 3.63) is 66.1 Å². The Kier molecular flexibility index (Phi) is 4.36. The molecule has 0 radical (unpaired) electrons. The van der Waals surface area contributed by atoms with Gasteiger partial charge in [-0.1, -0.05) is 6.92 Å². The highest BCUT2D eigenvalue weighted by atomic mass is 16.3. The fourth-order valence-corrected chi connectivity index (χ4v) is 4.08. The zero-order valence-electron chi connectivity index (χ0n) is 14.6. The maximum Gasteiger partial charge on any atom is 0.253 e. The number of aromatic hydroxyl groups is 1. The number of hydrogen-bond acceptors (Lipinski definition) is 1. The Bertz CT molecular complexity index is 857. The summed E-state index contributed by atoms with van der Waals surface area (Å²) >= 11 is 0. The highest BCUT2D eigenvalue weighted by Crippen LogP contribution is 2.32. The molecule has 128 valence electrons. The van der Waals surface area contributed by atoms with Gasteiger partial charge in [0.2, 0.25) is 0 Å². The minimum absolute atomic E-state index is 0.153. The molecule has 4 rings (SSSR count). The van der Waals surface area contributed by atoms with E-state index in [2.05, 4.69) is 41.2 Å². The number of H-pyrrole nitrogens is 2. The number of quaternary nitrogens is 1. The Balaban J connectivity index is 1.82. The Hall–Kier alpha value is -2.46. The van der Waals surface area contributed by atoms with E-state index >= 15 is 0 Å². The Morgan fingerprint density at radius 3 is 2.56 bits per heavy atom. The molecule has 4 heteroatoms. The second-order valence-electron chi connectivity index (χ2n) is 7.24. The highest BCUT2D eigenvalue weighted by Gasteiger charge is 2.33.